The maximum Gasteiger partial charge on any atom is 0.164 e. The third-order valence-electron chi connectivity index (χ3n) is 1.49. The highest BCUT2D eigenvalue weighted by atomic mass is 16.8. The van der Waals surface area contributed by atoms with E-state index in [9.17, 15) is 4.79 Å². The van der Waals surface area contributed by atoms with E-state index in [2.05, 4.69) is 0 Å². The van der Waals surface area contributed by atoms with Crippen LogP contribution >= 0.6 is 0 Å². The molecule has 0 unspecified atom stereocenters. The van der Waals surface area contributed by atoms with Crippen molar-refractivity contribution in [3.63, 3.8) is 0 Å². The summed E-state index contributed by atoms with van der Waals surface area (Å²) in [6.45, 7) is 5.42. The van der Waals surface area contributed by atoms with Gasteiger partial charge in [0.25, 0.3) is 0 Å². The van der Waals surface area contributed by atoms with Crippen LogP contribution in [-0.4, -0.2) is 24.3 Å². The van der Waals surface area contributed by atoms with Gasteiger partial charge in [-0.05, 0) is 20.8 Å². The Morgan fingerprint density at radius 3 is 2.20 bits per heavy atom. The minimum absolute atomic E-state index is 0.118. The standard InChI is InChI=1S/C7H12O3/c1-5-6(4-8)10-7(2,3)9-5/h4-6H,1-3H3/t5-,6-/m0/s1. The first-order chi connectivity index (χ1) is 4.55. The van der Waals surface area contributed by atoms with E-state index in [-0.39, 0.29) is 6.10 Å². The monoisotopic (exact) mass is 144 g/mol. The Kier molecular flexibility index (Phi) is 1.79. The number of hydrogen-bond acceptors (Lipinski definition) is 3. The Morgan fingerprint density at radius 2 is 2.00 bits per heavy atom. The van der Waals surface area contributed by atoms with Crippen molar-refractivity contribution in [1.82, 2.24) is 0 Å². The van der Waals surface area contributed by atoms with E-state index in [1.807, 2.05) is 6.92 Å². The maximum atomic E-state index is 10.3. The highest BCUT2D eigenvalue weighted by molar-refractivity contribution is 5.57. The summed E-state index contributed by atoms with van der Waals surface area (Å²) in [6, 6.07) is 0. The van der Waals surface area contributed by atoms with E-state index in [0.29, 0.717) is 0 Å². The first-order valence-electron chi connectivity index (χ1n) is 3.36. The van der Waals surface area contributed by atoms with Gasteiger partial charge in [0.1, 0.15) is 6.10 Å². The molecule has 0 aliphatic carbocycles. The second-order valence-electron chi connectivity index (χ2n) is 2.94. The van der Waals surface area contributed by atoms with Crippen molar-refractivity contribution >= 4 is 6.29 Å². The molecule has 1 saturated heterocycles. The Labute approximate surface area is 60.3 Å². The quantitative estimate of drug-likeness (QED) is 0.509. The number of aldehydes is 1. The van der Waals surface area contributed by atoms with Crippen molar-refractivity contribution in [2.45, 2.75) is 38.8 Å². The van der Waals surface area contributed by atoms with Gasteiger partial charge in [0.15, 0.2) is 12.1 Å². The number of carbonyl (C=O) groups excluding carboxylic acids is 1. The molecule has 1 fully saturated rings. The zero-order valence-electron chi connectivity index (χ0n) is 6.46. The van der Waals surface area contributed by atoms with E-state index in [1.165, 1.54) is 0 Å². The van der Waals surface area contributed by atoms with E-state index in [4.69, 9.17) is 9.47 Å². The molecule has 0 saturated carbocycles. The first kappa shape index (κ1) is 7.69. The smallest absolute Gasteiger partial charge is 0.164 e. The van der Waals surface area contributed by atoms with E-state index >= 15 is 0 Å². The number of hydrogen-bond donors (Lipinski definition) is 0. The predicted octanol–water partition coefficient (Wildman–Crippen LogP) is 0.725. The fourth-order valence-electron chi connectivity index (χ4n) is 1.10. The molecule has 0 radical (unpaired) electrons. The van der Waals surface area contributed by atoms with Crippen LogP contribution in [0.25, 0.3) is 0 Å². The lowest BCUT2D eigenvalue weighted by molar-refractivity contribution is -0.149. The zero-order chi connectivity index (χ0) is 7.78. The molecule has 0 N–H and O–H groups in total. The second kappa shape index (κ2) is 2.32. The van der Waals surface area contributed by atoms with Crippen molar-refractivity contribution in [2.24, 2.45) is 0 Å². The van der Waals surface area contributed by atoms with Gasteiger partial charge in [-0.2, -0.15) is 0 Å². The predicted molar refractivity (Wildman–Crippen MR) is 35.6 cm³/mol. The van der Waals surface area contributed by atoms with Gasteiger partial charge in [0.2, 0.25) is 0 Å². The van der Waals surface area contributed by atoms with Crippen molar-refractivity contribution in [3.05, 3.63) is 0 Å². The zero-order valence-corrected chi connectivity index (χ0v) is 6.46. The molecule has 1 heterocycles. The molecule has 1 rings (SSSR count). The van der Waals surface area contributed by atoms with Crippen molar-refractivity contribution in [3.8, 4) is 0 Å². The molecule has 2 atom stereocenters. The van der Waals surface area contributed by atoms with Gasteiger partial charge in [-0.3, -0.25) is 0 Å². The lowest BCUT2D eigenvalue weighted by Gasteiger charge is -2.15. The van der Waals surface area contributed by atoms with E-state index in [1.54, 1.807) is 13.8 Å². The fraction of sp³-hybridized carbons (Fsp3) is 0.857. The molecule has 0 spiro atoms. The van der Waals surface area contributed by atoms with Crippen LogP contribution in [0, 0.1) is 0 Å². The van der Waals surface area contributed by atoms with E-state index < -0.39 is 11.9 Å². The van der Waals surface area contributed by atoms with Crippen LogP contribution in [0.2, 0.25) is 0 Å². The van der Waals surface area contributed by atoms with Gasteiger partial charge in [0, 0.05) is 0 Å². The normalized spacial score (nSPS) is 37.9. The van der Waals surface area contributed by atoms with Crippen LogP contribution in [0.1, 0.15) is 20.8 Å². The minimum atomic E-state index is -0.592. The van der Waals surface area contributed by atoms with Crippen LogP contribution in [0.4, 0.5) is 0 Å². The highest BCUT2D eigenvalue weighted by Gasteiger charge is 2.38. The molecular formula is C7H12O3. The second-order valence-corrected chi connectivity index (χ2v) is 2.94. The molecule has 0 bridgehead atoms. The van der Waals surface area contributed by atoms with Crippen molar-refractivity contribution < 1.29 is 14.3 Å². The fourth-order valence-corrected chi connectivity index (χ4v) is 1.10. The Hall–Kier alpha value is -0.410. The molecule has 0 amide bonds. The summed E-state index contributed by atoms with van der Waals surface area (Å²) >= 11 is 0. The summed E-state index contributed by atoms with van der Waals surface area (Å²) in [5.74, 6) is -0.592. The molecule has 1 aliphatic rings. The van der Waals surface area contributed by atoms with E-state index in [0.717, 1.165) is 6.29 Å². The van der Waals surface area contributed by atoms with Crippen LogP contribution in [0.15, 0.2) is 0 Å². The number of ether oxygens (including phenoxy) is 2. The van der Waals surface area contributed by atoms with Gasteiger partial charge in [-0.15, -0.1) is 0 Å². The molecule has 3 heteroatoms. The van der Waals surface area contributed by atoms with Gasteiger partial charge >= 0.3 is 0 Å². The first-order valence-corrected chi connectivity index (χ1v) is 3.36. The van der Waals surface area contributed by atoms with Crippen molar-refractivity contribution in [1.29, 1.82) is 0 Å². The van der Waals surface area contributed by atoms with Gasteiger partial charge in [-0.1, -0.05) is 0 Å². The summed E-state index contributed by atoms with van der Waals surface area (Å²) < 4.78 is 10.5. The lowest BCUT2D eigenvalue weighted by Crippen LogP contribution is -2.22. The number of carbonyl (C=O) groups is 1. The van der Waals surface area contributed by atoms with Gasteiger partial charge in [-0.25, -0.2) is 0 Å². The summed E-state index contributed by atoms with van der Waals surface area (Å²) in [5.41, 5.74) is 0. The molecule has 1 aliphatic heterocycles. The molecule has 0 aromatic heterocycles. The average molecular weight is 144 g/mol. The third kappa shape index (κ3) is 1.36. The largest absolute Gasteiger partial charge is 0.344 e. The number of rotatable bonds is 1. The van der Waals surface area contributed by atoms with Crippen LogP contribution in [0.3, 0.4) is 0 Å². The molecule has 3 nitrogen and oxygen atoms in total. The summed E-state index contributed by atoms with van der Waals surface area (Å²) in [4.78, 5) is 10.3. The summed E-state index contributed by atoms with van der Waals surface area (Å²) in [5, 5.41) is 0. The average Bonchev–Trinajstić information content (AvgIpc) is 2.05. The van der Waals surface area contributed by atoms with Crippen LogP contribution < -0.4 is 0 Å². The SMILES string of the molecule is C[C@@H]1OC(C)(C)O[C@H]1C=O. The summed E-state index contributed by atoms with van der Waals surface area (Å²) in [6.07, 6.45) is 0.266. The minimum Gasteiger partial charge on any atom is -0.344 e. The topological polar surface area (TPSA) is 35.5 Å². The van der Waals surface area contributed by atoms with Gasteiger partial charge < -0.3 is 14.3 Å². The maximum absolute atomic E-state index is 10.3. The molecule has 0 aromatic carbocycles. The van der Waals surface area contributed by atoms with Crippen LogP contribution in [0.5, 0.6) is 0 Å². The van der Waals surface area contributed by atoms with Gasteiger partial charge in [0.05, 0.1) is 6.10 Å². The summed E-state index contributed by atoms with van der Waals surface area (Å²) in [7, 11) is 0. The molecule has 0 aromatic rings. The van der Waals surface area contributed by atoms with Crippen molar-refractivity contribution in [2.75, 3.05) is 0 Å². The Bertz CT molecular complexity index is 142. The third-order valence-corrected chi connectivity index (χ3v) is 1.49. The lowest BCUT2D eigenvalue weighted by atomic mass is 10.3. The van der Waals surface area contributed by atoms with Crippen LogP contribution in [-0.2, 0) is 14.3 Å². The molecule has 58 valence electrons. The molecular weight excluding hydrogens is 132 g/mol. The molecule has 10 heavy (non-hydrogen) atoms. The Balaban J connectivity index is 2.60. The highest BCUT2D eigenvalue weighted by Crippen LogP contribution is 2.26. The Morgan fingerprint density at radius 1 is 1.40 bits per heavy atom.